The number of nitrogens with two attached hydrogens (primary N) is 1. The van der Waals surface area contributed by atoms with Crippen molar-refractivity contribution >= 4 is 28.4 Å². The number of amides is 1. The van der Waals surface area contributed by atoms with Crippen molar-refractivity contribution in [1.29, 1.82) is 0 Å². The first-order valence-corrected chi connectivity index (χ1v) is 12.4. The van der Waals surface area contributed by atoms with Gasteiger partial charge in [0, 0.05) is 46.5 Å². The van der Waals surface area contributed by atoms with E-state index < -0.39 is 5.82 Å². The number of methoxy groups -OCH3 is 1. The van der Waals surface area contributed by atoms with Crippen LogP contribution in [0.3, 0.4) is 0 Å². The number of halogens is 1. The SMILES string of the molecule is C=CC(=O)Nc1ccc(-c2c(CC)c3ncnc(N)c3n2-c2ccc(Oc3nccc(C)n3)c(F)c2)c(OC)c1. The van der Waals surface area contributed by atoms with Crippen LogP contribution in [0, 0.1) is 12.7 Å². The number of benzene rings is 2. The molecule has 3 heterocycles. The van der Waals surface area contributed by atoms with Crippen LogP contribution in [0.4, 0.5) is 15.9 Å². The highest BCUT2D eigenvalue weighted by Gasteiger charge is 2.25. The summed E-state index contributed by atoms with van der Waals surface area (Å²) in [6.45, 7) is 7.27. The predicted molar refractivity (Wildman–Crippen MR) is 150 cm³/mol. The molecule has 0 aliphatic heterocycles. The summed E-state index contributed by atoms with van der Waals surface area (Å²) in [4.78, 5) is 28.8. The number of fused-ring (bicyclic) bond motifs is 1. The molecular weight excluding hydrogens is 513 g/mol. The molecule has 11 heteroatoms. The molecule has 3 N–H and O–H groups in total. The van der Waals surface area contributed by atoms with Gasteiger partial charge in [0.25, 0.3) is 0 Å². The second-order valence-corrected chi connectivity index (χ2v) is 8.78. The quantitative estimate of drug-likeness (QED) is 0.251. The smallest absolute Gasteiger partial charge is 0.322 e. The third-order valence-electron chi connectivity index (χ3n) is 6.28. The molecule has 0 fully saturated rings. The highest BCUT2D eigenvalue weighted by molar-refractivity contribution is 6.00. The van der Waals surface area contributed by atoms with E-state index in [4.69, 9.17) is 15.2 Å². The molecule has 0 bridgehead atoms. The van der Waals surface area contributed by atoms with Crippen LogP contribution in [0.15, 0.2) is 67.6 Å². The van der Waals surface area contributed by atoms with Crippen molar-refractivity contribution in [3.63, 3.8) is 0 Å². The Labute approximate surface area is 229 Å². The van der Waals surface area contributed by atoms with Gasteiger partial charge in [-0.1, -0.05) is 13.5 Å². The highest BCUT2D eigenvalue weighted by atomic mass is 19.1. The van der Waals surface area contributed by atoms with E-state index in [1.165, 1.54) is 31.6 Å². The molecule has 40 heavy (non-hydrogen) atoms. The third kappa shape index (κ3) is 4.80. The summed E-state index contributed by atoms with van der Waals surface area (Å²) < 4.78 is 28.6. The molecular formula is C29H26FN7O3. The fourth-order valence-corrected chi connectivity index (χ4v) is 4.51. The van der Waals surface area contributed by atoms with Gasteiger partial charge in [-0.15, -0.1) is 0 Å². The van der Waals surface area contributed by atoms with Crippen LogP contribution in [0.1, 0.15) is 18.2 Å². The summed E-state index contributed by atoms with van der Waals surface area (Å²) >= 11 is 0. The highest BCUT2D eigenvalue weighted by Crippen LogP contribution is 2.42. The lowest BCUT2D eigenvalue weighted by molar-refractivity contribution is -0.111. The number of aromatic nitrogens is 5. The number of nitrogens with one attached hydrogen (secondary N) is 1. The first-order valence-electron chi connectivity index (χ1n) is 12.4. The lowest BCUT2D eigenvalue weighted by Gasteiger charge is -2.17. The summed E-state index contributed by atoms with van der Waals surface area (Å²) in [5.74, 6) is -0.307. The van der Waals surface area contributed by atoms with Crippen LogP contribution in [0.25, 0.3) is 28.0 Å². The largest absolute Gasteiger partial charge is 0.496 e. The number of carbonyl (C=O) groups excluding carboxylic acids is 1. The average molecular weight is 540 g/mol. The fraction of sp³-hybridized carbons (Fsp3) is 0.138. The minimum absolute atomic E-state index is 0.0350. The molecule has 0 unspecified atom stereocenters. The van der Waals surface area contributed by atoms with Gasteiger partial charge in [-0.05, 0) is 49.8 Å². The van der Waals surface area contributed by atoms with E-state index in [1.807, 2.05) is 13.0 Å². The zero-order valence-electron chi connectivity index (χ0n) is 22.1. The molecule has 5 rings (SSSR count). The lowest BCUT2D eigenvalue weighted by atomic mass is 10.0. The van der Waals surface area contributed by atoms with Crippen molar-refractivity contribution in [3.8, 4) is 34.5 Å². The van der Waals surface area contributed by atoms with Crippen LogP contribution in [-0.4, -0.2) is 37.5 Å². The zero-order chi connectivity index (χ0) is 28.4. The van der Waals surface area contributed by atoms with Crippen molar-refractivity contribution in [3.05, 3.63) is 84.7 Å². The van der Waals surface area contributed by atoms with Crippen LogP contribution in [-0.2, 0) is 11.2 Å². The number of hydrogen-bond donors (Lipinski definition) is 2. The number of nitrogens with zero attached hydrogens (tertiary/aromatic N) is 5. The van der Waals surface area contributed by atoms with E-state index in [1.54, 1.807) is 42.0 Å². The Kier molecular flexibility index (Phi) is 7.11. The molecule has 2 aromatic carbocycles. The van der Waals surface area contributed by atoms with Crippen LogP contribution in [0.5, 0.6) is 17.5 Å². The average Bonchev–Trinajstić information content (AvgIpc) is 3.29. The maximum atomic E-state index is 15.5. The van der Waals surface area contributed by atoms with E-state index >= 15 is 4.39 Å². The van der Waals surface area contributed by atoms with Crippen molar-refractivity contribution in [1.82, 2.24) is 24.5 Å². The van der Waals surface area contributed by atoms with Crippen LogP contribution in [0.2, 0.25) is 0 Å². The summed E-state index contributed by atoms with van der Waals surface area (Å²) in [7, 11) is 1.53. The molecule has 3 aromatic heterocycles. The van der Waals surface area contributed by atoms with Gasteiger partial charge in [0.1, 0.15) is 17.6 Å². The summed E-state index contributed by atoms with van der Waals surface area (Å²) in [6.07, 6.45) is 4.71. The molecule has 5 aromatic rings. The molecule has 0 saturated heterocycles. The minimum atomic E-state index is -0.627. The number of ether oxygens (including phenoxy) is 2. The molecule has 202 valence electrons. The fourth-order valence-electron chi connectivity index (χ4n) is 4.51. The normalized spacial score (nSPS) is 10.9. The molecule has 0 radical (unpaired) electrons. The third-order valence-corrected chi connectivity index (χ3v) is 6.28. The van der Waals surface area contributed by atoms with Gasteiger partial charge in [0.05, 0.1) is 18.3 Å². The van der Waals surface area contributed by atoms with Gasteiger partial charge in [-0.2, -0.15) is 0 Å². The van der Waals surface area contributed by atoms with E-state index in [0.29, 0.717) is 51.5 Å². The van der Waals surface area contributed by atoms with E-state index in [2.05, 4.69) is 31.8 Å². The Morgan fingerprint density at radius 1 is 1.15 bits per heavy atom. The summed E-state index contributed by atoms with van der Waals surface area (Å²) in [5, 5.41) is 2.73. The Hall–Kier alpha value is -5.32. The topological polar surface area (TPSA) is 130 Å². The maximum Gasteiger partial charge on any atom is 0.322 e. The molecule has 0 spiro atoms. The Balaban J connectivity index is 1.71. The van der Waals surface area contributed by atoms with Crippen molar-refractivity contribution < 1.29 is 18.7 Å². The molecule has 0 aliphatic carbocycles. The Morgan fingerprint density at radius 2 is 1.98 bits per heavy atom. The van der Waals surface area contributed by atoms with Crippen LogP contribution < -0.4 is 20.5 Å². The first-order chi connectivity index (χ1) is 19.3. The Morgan fingerprint density at radius 3 is 2.67 bits per heavy atom. The summed E-state index contributed by atoms with van der Waals surface area (Å²) in [5.41, 5.74) is 11.4. The maximum absolute atomic E-state index is 15.5. The second-order valence-electron chi connectivity index (χ2n) is 8.78. The number of carbonyl (C=O) groups is 1. The van der Waals surface area contributed by atoms with Crippen molar-refractivity contribution in [2.24, 2.45) is 0 Å². The molecule has 10 nitrogen and oxygen atoms in total. The number of aryl methyl sites for hydroxylation is 2. The van der Waals surface area contributed by atoms with Crippen molar-refractivity contribution in [2.45, 2.75) is 20.3 Å². The Bertz CT molecular complexity index is 1770. The monoisotopic (exact) mass is 539 g/mol. The van der Waals surface area contributed by atoms with E-state index in [0.717, 1.165) is 5.56 Å². The number of anilines is 2. The van der Waals surface area contributed by atoms with E-state index in [9.17, 15) is 4.79 Å². The van der Waals surface area contributed by atoms with Gasteiger partial charge in [0.15, 0.2) is 17.4 Å². The van der Waals surface area contributed by atoms with E-state index in [-0.39, 0.29) is 23.5 Å². The first kappa shape index (κ1) is 26.3. The number of nitrogen functional groups attached to an aromatic ring is 1. The van der Waals surface area contributed by atoms with Crippen molar-refractivity contribution in [2.75, 3.05) is 18.2 Å². The van der Waals surface area contributed by atoms with Gasteiger partial charge < -0.3 is 25.1 Å². The predicted octanol–water partition coefficient (Wildman–Crippen LogP) is 5.40. The van der Waals surface area contributed by atoms with Gasteiger partial charge in [0.2, 0.25) is 5.91 Å². The van der Waals surface area contributed by atoms with Gasteiger partial charge >= 0.3 is 6.01 Å². The standard InChI is InChI=1S/C29H26FN7O3/c1-5-19-25-27(28(31)34-15-33-25)37(26(19)20-9-7-17(13-23(20)39-4)36-24(38)6-2)18-8-10-22(21(30)14-18)40-29-32-12-11-16(3)35-29/h6-15H,2,5H2,1,3-4H3,(H,36,38)(H2,31,33,34). The van der Waals surface area contributed by atoms with Gasteiger partial charge in [-0.3, -0.25) is 4.79 Å². The number of rotatable bonds is 8. The lowest BCUT2D eigenvalue weighted by Crippen LogP contribution is -2.08. The molecule has 0 atom stereocenters. The molecule has 1 amide bonds. The summed E-state index contributed by atoms with van der Waals surface area (Å²) in [6, 6.07) is 11.6. The second kappa shape index (κ2) is 10.8. The zero-order valence-corrected chi connectivity index (χ0v) is 22.1. The molecule has 0 aliphatic rings. The molecule has 0 saturated carbocycles. The van der Waals surface area contributed by atoms with Gasteiger partial charge in [-0.25, -0.2) is 24.3 Å². The number of hydrogen-bond acceptors (Lipinski definition) is 8. The van der Waals surface area contributed by atoms with Crippen LogP contribution >= 0.6 is 0 Å². The minimum Gasteiger partial charge on any atom is -0.496 e.